The number of nitrogens with one attached hydrogen (secondary N) is 1. The molecule has 0 aromatic rings. The Labute approximate surface area is 145 Å². The molecule has 0 aliphatic carbocycles. The summed E-state index contributed by atoms with van der Waals surface area (Å²) in [4.78, 5) is 11.0. The summed E-state index contributed by atoms with van der Waals surface area (Å²) in [6.07, 6.45) is 25.6. The monoisotopic (exact) mass is 323 g/mol. The molecule has 0 heterocycles. The number of amides is 1. The molecule has 0 rings (SSSR count). The Morgan fingerprint density at radius 3 is 1.48 bits per heavy atom. The highest BCUT2D eigenvalue weighted by Crippen LogP contribution is 2.13. The van der Waals surface area contributed by atoms with Crippen LogP contribution in [0, 0.1) is 0 Å². The second-order valence-corrected chi connectivity index (χ2v) is 6.76. The summed E-state index contributed by atoms with van der Waals surface area (Å²) in [7, 11) is 1.67. The topological polar surface area (TPSA) is 29.1 Å². The third-order valence-corrected chi connectivity index (χ3v) is 4.49. The van der Waals surface area contributed by atoms with Gasteiger partial charge in [0.2, 0.25) is 5.91 Å². The first-order valence-electron chi connectivity index (χ1n) is 10.2. The van der Waals surface area contributed by atoms with Crippen molar-refractivity contribution in [3.8, 4) is 0 Å². The molecule has 0 aliphatic heterocycles. The highest BCUT2D eigenvalue weighted by atomic mass is 16.1. The molecule has 0 unspecified atom stereocenters. The van der Waals surface area contributed by atoms with Crippen LogP contribution in [-0.4, -0.2) is 13.0 Å². The van der Waals surface area contributed by atoms with Gasteiger partial charge in [-0.2, -0.15) is 0 Å². The van der Waals surface area contributed by atoms with Crippen molar-refractivity contribution in [2.45, 2.75) is 110 Å². The van der Waals surface area contributed by atoms with E-state index in [1.54, 1.807) is 13.1 Å². The summed E-state index contributed by atoms with van der Waals surface area (Å²) in [5.74, 6) is 0.00552. The van der Waals surface area contributed by atoms with Gasteiger partial charge in [-0.3, -0.25) is 4.79 Å². The minimum atomic E-state index is 0.00552. The van der Waals surface area contributed by atoms with E-state index in [4.69, 9.17) is 0 Å². The minimum Gasteiger partial charge on any atom is -0.356 e. The van der Waals surface area contributed by atoms with Crippen LogP contribution in [-0.2, 0) is 4.79 Å². The van der Waals surface area contributed by atoms with Crippen molar-refractivity contribution < 1.29 is 4.79 Å². The zero-order valence-corrected chi connectivity index (χ0v) is 15.9. The summed E-state index contributed by atoms with van der Waals surface area (Å²) < 4.78 is 0. The summed E-state index contributed by atoms with van der Waals surface area (Å²) in [5, 5.41) is 2.59. The van der Waals surface area contributed by atoms with E-state index in [1.807, 2.05) is 6.08 Å². The minimum absolute atomic E-state index is 0.00552. The van der Waals surface area contributed by atoms with Gasteiger partial charge in [0, 0.05) is 7.05 Å². The fraction of sp³-hybridized carbons (Fsp3) is 0.857. The highest BCUT2D eigenvalue weighted by molar-refractivity contribution is 5.87. The van der Waals surface area contributed by atoms with Crippen LogP contribution in [0.2, 0.25) is 0 Å². The number of unbranched alkanes of at least 4 members (excludes halogenated alkanes) is 15. The van der Waals surface area contributed by atoms with E-state index >= 15 is 0 Å². The first-order chi connectivity index (χ1) is 11.3. The normalized spacial score (nSPS) is 11.2. The van der Waals surface area contributed by atoms with Crippen molar-refractivity contribution in [2.75, 3.05) is 7.05 Å². The lowest BCUT2D eigenvalue weighted by atomic mass is 10.0. The molecule has 0 aliphatic rings. The Morgan fingerprint density at radius 1 is 0.696 bits per heavy atom. The van der Waals surface area contributed by atoms with Crippen LogP contribution in [0.25, 0.3) is 0 Å². The number of likely N-dealkylation sites (N-methyl/N-ethyl adjacent to an activating group) is 1. The molecular weight excluding hydrogens is 282 g/mol. The third kappa shape index (κ3) is 19.2. The molecule has 0 aromatic carbocycles. The van der Waals surface area contributed by atoms with Gasteiger partial charge < -0.3 is 5.32 Å². The van der Waals surface area contributed by atoms with Crippen LogP contribution in [0.4, 0.5) is 0 Å². The number of rotatable bonds is 17. The average Bonchev–Trinajstić information content (AvgIpc) is 2.57. The fourth-order valence-electron chi connectivity index (χ4n) is 2.91. The Hall–Kier alpha value is -0.790. The van der Waals surface area contributed by atoms with E-state index in [0.717, 1.165) is 6.42 Å². The van der Waals surface area contributed by atoms with Crippen molar-refractivity contribution in [1.82, 2.24) is 5.32 Å². The van der Waals surface area contributed by atoms with Crippen LogP contribution in [0.15, 0.2) is 12.2 Å². The van der Waals surface area contributed by atoms with Gasteiger partial charge in [0.1, 0.15) is 0 Å². The molecule has 1 amide bonds. The first kappa shape index (κ1) is 22.2. The summed E-state index contributed by atoms with van der Waals surface area (Å²) in [6, 6.07) is 0. The fourth-order valence-corrected chi connectivity index (χ4v) is 2.91. The van der Waals surface area contributed by atoms with Gasteiger partial charge >= 0.3 is 0 Å². The van der Waals surface area contributed by atoms with Gasteiger partial charge in [0.15, 0.2) is 0 Å². The van der Waals surface area contributed by atoms with Gasteiger partial charge in [0.25, 0.3) is 0 Å². The molecule has 0 saturated carbocycles. The third-order valence-electron chi connectivity index (χ3n) is 4.49. The molecule has 0 bridgehead atoms. The molecule has 1 N–H and O–H groups in total. The van der Waals surface area contributed by atoms with E-state index < -0.39 is 0 Å². The van der Waals surface area contributed by atoms with Crippen molar-refractivity contribution in [3.63, 3.8) is 0 Å². The zero-order valence-electron chi connectivity index (χ0n) is 15.9. The molecule has 136 valence electrons. The lowest BCUT2D eigenvalue weighted by Gasteiger charge is -2.03. The van der Waals surface area contributed by atoms with Crippen molar-refractivity contribution in [2.24, 2.45) is 0 Å². The van der Waals surface area contributed by atoms with Gasteiger partial charge in [-0.15, -0.1) is 0 Å². The summed E-state index contributed by atoms with van der Waals surface area (Å²) in [6.45, 7) is 2.28. The van der Waals surface area contributed by atoms with Crippen LogP contribution in [0.1, 0.15) is 110 Å². The predicted molar refractivity (Wildman–Crippen MR) is 103 cm³/mol. The molecule has 0 fully saturated rings. The lowest BCUT2D eigenvalue weighted by Crippen LogP contribution is -2.13. The lowest BCUT2D eigenvalue weighted by molar-refractivity contribution is -0.116. The summed E-state index contributed by atoms with van der Waals surface area (Å²) >= 11 is 0. The largest absolute Gasteiger partial charge is 0.356 e. The Bertz CT molecular complexity index is 273. The van der Waals surface area contributed by atoms with Crippen LogP contribution in [0.3, 0.4) is 0 Å². The maximum Gasteiger partial charge on any atom is 0.243 e. The van der Waals surface area contributed by atoms with Crippen molar-refractivity contribution >= 4 is 5.91 Å². The first-order valence-corrected chi connectivity index (χ1v) is 10.2. The van der Waals surface area contributed by atoms with Crippen molar-refractivity contribution in [1.29, 1.82) is 0 Å². The maximum atomic E-state index is 11.0. The molecule has 23 heavy (non-hydrogen) atoms. The van der Waals surface area contributed by atoms with Crippen molar-refractivity contribution in [3.05, 3.63) is 12.2 Å². The molecule has 0 radical (unpaired) electrons. The van der Waals surface area contributed by atoms with Gasteiger partial charge in [-0.25, -0.2) is 0 Å². The molecule has 0 aromatic heterocycles. The number of carbonyl (C=O) groups is 1. The Balaban J connectivity index is 3.05. The molecule has 2 heteroatoms. The van der Waals surface area contributed by atoms with E-state index in [0.29, 0.717) is 0 Å². The van der Waals surface area contributed by atoms with E-state index in [-0.39, 0.29) is 5.91 Å². The molecule has 0 saturated heterocycles. The standard InChI is InChI=1S/C21H41NO/c1-3-4-5-6-7-8-9-10-11-12-13-14-15-16-17-18-19-20-21(23)22-2/h19-20H,3-18H2,1-2H3,(H,22,23). The Kier molecular flexibility index (Phi) is 18.6. The SMILES string of the molecule is CCCCCCCCCCCCCCCCCC=CC(=O)NC. The van der Waals surface area contributed by atoms with Crippen LogP contribution < -0.4 is 5.32 Å². The number of hydrogen-bond donors (Lipinski definition) is 1. The van der Waals surface area contributed by atoms with Gasteiger partial charge in [0.05, 0.1) is 0 Å². The smallest absolute Gasteiger partial charge is 0.243 e. The van der Waals surface area contributed by atoms with E-state index in [2.05, 4.69) is 12.2 Å². The quantitative estimate of drug-likeness (QED) is 0.239. The number of allylic oxidation sites excluding steroid dienone is 1. The average molecular weight is 324 g/mol. The molecule has 0 spiro atoms. The van der Waals surface area contributed by atoms with Gasteiger partial charge in [-0.1, -0.05) is 103 Å². The van der Waals surface area contributed by atoms with Crippen LogP contribution >= 0.6 is 0 Å². The van der Waals surface area contributed by atoms with E-state index in [9.17, 15) is 4.79 Å². The van der Waals surface area contributed by atoms with Gasteiger partial charge in [-0.05, 0) is 18.9 Å². The van der Waals surface area contributed by atoms with E-state index in [1.165, 1.54) is 96.3 Å². The predicted octanol–water partition coefficient (Wildman–Crippen LogP) is 6.55. The molecule has 0 atom stereocenters. The number of hydrogen-bond acceptors (Lipinski definition) is 1. The molecular formula is C21H41NO. The Morgan fingerprint density at radius 2 is 1.09 bits per heavy atom. The molecule has 2 nitrogen and oxygen atoms in total. The second kappa shape index (κ2) is 19.3. The van der Waals surface area contributed by atoms with Crippen LogP contribution in [0.5, 0.6) is 0 Å². The second-order valence-electron chi connectivity index (χ2n) is 6.76. The summed E-state index contributed by atoms with van der Waals surface area (Å²) in [5.41, 5.74) is 0. The maximum absolute atomic E-state index is 11.0. The number of carbonyl (C=O) groups excluding carboxylic acids is 1. The zero-order chi connectivity index (χ0) is 17.0. The highest BCUT2D eigenvalue weighted by Gasteiger charge is 1.94.